The summed E-state index contributed by atoms with van der Waals surface area (Å²) in [4.78, 5) is 10.9. The van der Waals surface area contributed by atoms with Gasteiger partial charge in [0.1, 0.15) is 0 Å². The van der Waals surface area contributed by atoms with Crippen LogP contribution in [0.3, 0.4) is 0 Å². The summed E-state index contributed by atoms with van der Waals surface area (Å²) in [5, 5.41) is 6.40. The van der Waals surface area contributed by atoms with Crippen LogP contribution in [0.1, 0.15) is 6.92 Å². The fourth-order valence-corrected chi connectivity index (χ4v) is 0.771. The monoisotopic (exact) mass is 169 g/mol. The van der Waals surface area contributed by atoms with Gasteiger partial charge in [-0.25, -0.2) is 4.79 Å². The number of hydrogen-bond donors (Lipinski definition) is 1. The number of anilines is 1. The van der Waals surface area contributed by atoms with Crippen molar-refractivity contribution in [3.05, 3.63) is 12.4 Å². The Hall–Kier alpha value is -1.52. The maximum absolute atomic E-state index is 10.9. The Balaban J connectivity index is 2.46. The molecule has 0 radical (unpaired) electrons. The third-order valence-corrected chi connectivity index (χ3v) is 1.23. The molecular weight excluding hydrogens is 158 g/mol. The first-order chi connectivity index (χ1) is 5.72. The van der Waals surface area contributed by atoms with Crippen molar-refractivity contribution in [3.63, 3.8) is 0 Å². The second-order valence-corrected chi connectivity index (χ2v) is 2.25. The molecule has 1 amide bonds. The molecule has 0 saturated heterocycles. The highest BCUT2D eigenvalue weighted by Crippen LogP contribution is 2.03. The van der Waals surface area contributed by atoms with E-state index in [-0.39, 0.29) is 0 Å². The number of nitrogens with one attached hydrogen (secondary N) is 1. The summed E-state index contributed by atoms with van der Waals surface area (Å²) in [6, 6.07) is 0. The third-order valence-electron chi connectivity index (χ3n) is 1.23. The van der Waals surface area contributed by atoms with E-state index in [1.54, 1.807) is 31.0 Å². The lowest BCUT2D eigenvalue weighted by molar-refractivity contribution is 0.168. The van der Waals surface area contributed by atoms with Gasteiger partial charge in [-0.2, -0.15) is 5.10 Å². The molecule has 1 aromatic rings. The molecule has 5 nitrogen and oxygen atoms in total. The van der Waals surface area contributed by atoms with Gasteiger partial charge in [-0.3, -0.25) is 10.00 Å². The molecule has 0 atom stereocenters. The highest BCUT2D eigenvalue weighted by Gasteiger charge is 2.01. The number of ether oxygens (including phenoxy) is 1. The van der Waals surface area contributed by atoms with Crippen LogP contribution in [0.4, 0.5) is 10.5 Å². The Morgan fingerprint density at radius 1 is 1.83 bits per heavy atom. The van der Waals surface area contributed by atoms with E-state index in [2.05, 4.69) is 15.2 Å². The quantitative estimate of drug-likeness (QED) is 0.718. The van der Waals surface area contributed by atoms with Crippen LogP contribution in [0, 0.1) is 0 Å². The molecule has 0 aliphatic carbocycles. The Morgan fingerprint density at radius 2 is 2.58 bits per heavy atom. The van der Waals surface area contributed by atoms with Gasteiger partial charge in [-0.1, -0.05) is 0 Å². The maximum atomic E-state index is 10.9. The fourth-order valence-electron chi connectivity index (χ4n) is 0.771. The standard InChI is InChI=1S/C7H11N3O2/c1-3-12-7(11)9-6-4-8-10(2)5-6/h4-5H,3H2,1-2H3,(H,9,11). The molecular formula is C7H11N3O2. The van der Waals surface area contributed by atoms with Crippen LogP contribution in [-0.2, 0) is 11.8 Å². The molecule has 12 heavy (non-hydrogen) atoms. The van der Waals surface area contributed by atoms with Crippen LogP contribution in [0.5, 0.6) is 0 Å². The first-order valence-corrected chi connectivity index (χ1v) is 3.64. The van der Waals surface area contributed by atoms with Crippen LogP contribution in [0.25, 0.3) is 0 Å². The van der Waals surface area contributed by atoms with Gasteiger partial charge in [-0.05, 0) is 6.92 Å². The lowest BCUT2D eigenvalue weighted by Crippen LogP contribution is -2.12. The molecule has 0 spiro atoms. The summed E-state index contributed by atoms with van der Waals surface area (Å²) < 4.78 is 6.27. The predicted molar refractivity (Wildman–Crippen MR) is 43.9 cm³/mol. The number of carbonyl (C=O) groups excluding carboxylic acids is 1. The third kappa shape index (κ3) is 2.26. The van der Waals surface area contributed by atoms with E-state index in [0.29, 0.717) is 12.3 Å². The average molecular weight is 169 g/mol. The van der Waals surface area contributed by atoms with Gasteiger partial charge in [0, 0.05) is 13.2 Å². The van der Waals surface area contributed by atoms with Crippen molar-refractivity contribution in [1.29, 1.82) is 0 Å². The van der Waals surface area contributed by atoms with Gasteiger partial charge < -0.3 is 4.74 Å². The number of aryl methyl sites for hydroxylation is 1. The molecule has 1 heterocycles. The largest absolute Gasteiger partial charge is 0.450 e. The van der Waals surface area contributed by atoms with Crippen LogP contribution < -0.4 is 5.32 Å². The summed E-state index contributed by atoms with van der Waals surface area (Å²) in [6.07, 6.45) is 2.79. The number of rotatable bonds is 2. The normalized spacial score (nSPS) is 9.50. The average Bonchev–Trinajstić information content (AvgIpc) is 2.36. The number of amides is 1. The van der Waals surface area contributed by atoms with E-state index in [9.17, 15) is 4.79 Å². The number of carbonyl (C=O) groups is 1. The smallest absolute Gasteiger partial charge is 0.411 e. The van der Waals surface area contributed by atoms with E-state index >= 15 is 0 Å². The molecule has 0 unspecified atom stereocenters. The van der Waals surface area contributed by atoms with E-state index in [1.807, 2.05) is 0 Å². The van der Waals surface area contributed by atoms with Crippen molar-refractivity contribution in [2.75, 3.05) is 11.9 Å². The van der Waals surface area contributed by atoms with Crippen molar-refractivity contribution in [3.8, 4) is 0 Å². The topological polar surface area (TPSA) is 56.1 Å². The summed E-state index contributed by atoms with van der Waals surface area (Å²) in [6.45, 7) is 2.12. The maximum Gasteiger partial charge on any atom is 0.411 e. The van der Waals surface area contributed by atoms with E-state index in [4.69, 9.17) is 0 Å². The number of nitrogens with zero attached hydrogens (tertiary/aromatic N) is 2. The number of hydrogen-bond acceptors (Lipinski definition) is 3. The Bertz CT molecular complexity index is 269. The molecule has 0 aromatic carbocycles. The molecule has 0 aliphatic rings. The highest BCUT2D eigenvalue weighted by molar-refractivity contribution is 5.84. The molecule has 0 aliphatic heterocycles. The Morgan fingerprint density at radius 3 is 3.08 bits per heavy atom. The zero-order valence-electron chi connectivity index (χ0n) is 7.07. The molecule has 0 bridgehead atoms. The Labute approximate surface area is 70.3 Å². The van der Waals surface area contributed by atoms with Crippen LogP contribution >= 0.6 is 0 Å². The van der Waals surface area contributed by atoms with E-state index in [0.717, 1.165) is 0 Å². The molecule has 0 fully saturated rings. The molecule has 1 aromatic heterocycles. The minimum Gasteiger partial charge on any atom is -0.450 e. The second-order valence-electron chi connectivity index (χ2n) is 2.25. The summed E-state index contributed by atoms with van der Waals surface area (Å²) in [5.41, 5.74) is 0.635. The fraction of sp³-hybridized carbons (Fsp3) is 0.429. The summed E-state index contributed by atoms with van der Waals surface area (Å²) in [7, 11) is 1.77. The van der Waals surface area contributed by atoms with Crippen molar-refractivity contribution in [2.24, 2.45) is 7.05 Å². The predicted octanol–water partition coefficient (Wildman–Crippen LogP) is 0.988. The van der Waals surface area contributed by atoms with Gasteiger partial charge in [0.05, 0.1) is 18.5 Å². The minimum atomic E-state index is -0.453. The molecule has 66 valence electrons. The van der Waals surface area contributed by atoms with Crippen molar-refractivity contribution in [2.45, 2.75) is 6.92 Å². The number of aromatic nitrogens is 2. The minimum absolute atomic E-state index is 0.367. The first-order valence-electron chi connectivity index (χ1n) is 3.64. The Kier molecular flexibility index (Phi) is 2.68. The van der Waals surface area contributed by atoms with Crippen molar-refractivity contribution < 1.29 is 9.53 Å². The summed E-state index contributed by atoms with van der Waals surface area (Å²) >= 11 is 0. The molecule has 5 heteroatoms. The summed E-state index contributed by atoms with van der Waals surface area (Å²) in [5.74, 6) is 0. The molecule has 1 N–H and O–H groups in total. The van der Waals surface area contributed by atoms with Crippen LogP contribution in [0.2, 0.25) is 0 Å². The van der Waals surface area contributed by atoms with Gasteiger partial charge in [0.2, 0.25) is 0 Å². The highest BCUT2D eigenvalue weighted by atomic mass is 16.5. The van der Waals surface area contributed by atoms with Gasteiger partial charge in [0.25, 0.3) is 0 Å². The SMILES string of the molecule is CCOC(=O)Nc1cnn(C)c1. The second kappa shape index (κ2) is 3.75. The first kappa shape index (κ1) is 8.58. The zero-order valence-corrected chi connectivity index (χ0v) is 7.07. The van der Waals surface area contributed by atoms with E-state index < -0.39 is 6.09 Å². The van der Waals surface area contributed by atoms with Crippen molar-refractivity contribution in [1.82, 2.24) is 9.78 Å². The van der Waals surface area contributed by atoms with Crippen molar-refractivity contribution >= 4 is 11.8 Å². The molecule has 1 rings (SSSR count). The van der Waals surface area contributed by atoms with Gasteiger partial charge in [0.15, 0.2) is 0 Å². The molecule has 0 saturated carbocycles. The lowest BCUT2D eigenvalue weighted by Gasteiger charge is -2.00. The van der Waals surface area contributed by atoms with Gasteiger partial charge in [-0.15, -0.1) is 0 Å². The van der Waals surface area contributed by atoms with Crippen LogP contribution in [-0.4, -0.2) is 22.5 Å². The van der Waals surface area contributed by atoms with Crippen LogP contribution in [0.15, 0.2) is 12.4 Å². The van der Waals surface area contributed by atoms with Gasteiger partial charge >= 0.3 is 6.09 Å². The van der Waals surface area contributed by atoms with E-state index in [1.165, 1.54) is 0 Å². The zero-order chi connectivity index (χ0) is 8.97. The lowest BCUT2D eigenvalue weighted by atomic mass is 10.6.